The highest BCUT2D eigenvalue weighted by Gasteiger charge is 2.29. The van der Waals surface area contributed by atoms with Crippen LogP contribution in [0.3, 0.4) is 0 Å². The molecule has 24 heavy (non-hydrogen) atoms. The van der Waals surface area contributed by atoms with E-state index in [0.717, 1.165) is 9.79 Å². The number of fused-ring (bicyclic) bond motifs is 2. The molecule has 0 saturated carbocycles. The predicted molar refractivity (Wildman–Crippen MR) is 94.7 cm³/mol. The van der Waals surface area contributed by atoms with Crippen LogP contribution >= 0.6 is 11.8 Å². The number of nitrogen functional groups attached to an aromatic ring is 1. The average Bonchev–Trinajstić information content (AvgIpc) is 2.60. The lowest BCUT2D eigenvalue weighted by Gasteiger charge is -2.18. The highest BCUT2D eigenvalue weighted by molar-refractivity contribution is 7.99. The molecule has 3 aromatic rings. The van der Waals surface area contributed by atoms with Gasteiger partial charge in [0, 0.05) is 37.7 Å². The molecule has 0 aromatic heterocycles. The Morgan fingerprint density at radius 2 is 1.25 bits per heavy atom. The Kier molecular flexibility index (Phi) is 3.47. The SMILES string of the molecule is Nc1ccc2c(c1)C(=O)c1ccc(Sc3ccccc3)cc1C2=O. The highest BCUT2D eigenvalue weighted by Crippen LogP contribution is 2.33. The molecule has 2 N–H and O–H groups in total. The van der Waals surface area contributed by atoms with Crippen LogP contribution in [0.15, 0.2) is 76.5 Å². The molecule has 0 aliphatic heterocycles. The molecule has 0 amide bonds. The molecule has 0 bridgehead atoms. The summed E-state index contributed by atoms with van der Waals surface area (Å²) >= 11 is 1.56. The van der Waals surface area contributed by atoms with Crippen LogP contribution in [0.2, 0.25) is 0 Å². The number of rotatable bonds is 2. The maximum Gasteiger partial charge on any atom is 0.194 e. The van der Waals surface area contributed by atoms with Gasteiger partial charge >= 0.3 is 0 Å². The van der Waals surface area contributed by atoms with Crippen molar-refractivity contribution in [1.29, 1.82) is 0 Å². The molecule has 0 radical (unpaired) electrons. The van der Waals surface area contributed by atoms with E-state index in [1.807, 2.05) is 36.4 Å². The summed E-state index contributed by atoms with van der Waals surface area (Å²) < 4.78 is 0. The standard InChI is InChI=1S/C20H13NO2S/c21-12-6-8-15-17(10-12)19(22)16-9-7-14(11-18(16)20(15)23)24-13-4-2-1-3-5-13/h1-11H,21H2. The minimum atomic E-state index is -0.150. The van der Waals surface area contributed by atoms with Crippen LogP contribution < -0.4 is 5.73 Å². The van der Waals surface area contributed by atoms with Gasteiger partial charge < -0.3 is 5.73 Å². The second-order valence-corrected chi connectivity index (χ2v) is 6.73. The van der Waals surface area contributed by atoms with Crippen LogP contribution in [-0.4, -0.2) is 11.6 Å². The van der Waals surface area contributed by atoms with Crippen molar-refractivity contribution in [3.63, 3.8) is 0 Å². The molecule has 0 heterocycles. The number of hydrogen-bond donors (Lipinski definition) is 1. The number of carbonyl (C=O) groups excluding carboxylic acids is 2. The Morgan fingerprint density at radius 3 is 1.96 bits per heavy atom. The summed E-state index contributed by atoms with van der Waals surface area (Å²) in [6, 6.07) is 20.2. The van der Waals surface area contributed by atoms with Gasteiger partial charge in [0.05, 0.1) is 0 Å². The molecular weight excluding hydrogens is 318 g/mol. The Labute approximate surface area is 143 Å². The first-order valence-corrected chi connectivity index (χ1v) is 8.31. The van der Waals surface area contributed by atoms with E-state index in [1.54, 1.807) is 42.1 Å². The van der Waals surface area contributed by atoms with Crippen molar-refractivity contribution >= 4 is 29.0 Å². The Morgan fingerprint density at radius 1 is 0.625 bits per heavy atom. The topological polar surface area (TPSA) is 60.2 Å². The molecule has 3 aromatic carbocycles. The number of ketones is 2. The zero-order chi connectivity index (χ0) is 16.7. The van der Waals surface area contributed by atoms with Gasteiger partial charge in [-0.25, -0.2) is 0 Å². The zero-order valence-electron chi connectivity index (χ0n) is 12.7. The summed E-state index contributed by atoms with van der Waals surface area (Å²) in [5, 5.41) is 0. The molecule has 116 valence electrons. The third-order valence-electron chi connectivity index (χ3n) is 3.99. The number of nitrogens with two attached hydrogens (primary N) is 1. The van der Waals surface area contributed by atoms with Crippen LogP contribution in [0.5, 0.6) is 0 Å². The largest absolute Gasteiger partial charge is 0.399 e. The molecule has 4 heteroatoms. The van der Waals surface area contributed by atoms with E-state index in [4.69, 9.17) is 5.73 Å². The normalized spacial score (nSPS) is 12.7. The summed E-state index contributed by atoms with van der Waals surface area (Å²) in [5.74, 6) is -0.279. The number of hydrogen-bond acceptors (Lipinski definition) is 4. The molecule has 0 saturated heterocycles. The van der Waals surface area contributed by atoms with E-state index in [1.165, 1.54) is 0 Å². The van der Waals surface area contributed by atoms with Crippen LogP contribution in [-0.2, 0) is 0 Å². The Bertz CT molecular complexity index is 980. The van der Waals surface area contributed by atoms with Crippen LogP contribution in [0.1, 0.15) is 31.8 Å². The van der Waals surface area contributed by atoms with Crippen LogP contribution in [0, 0.1) is 0 Å². The van der Waals surface area contributed by atoms with Gasteiger partial charge in [-0.3, -0.25) is 9.59 Å². The van der Waals surface area contributed by atoms with Crippen molar-refractivity contribution in [2.24, 2.45) is 0 Å². The number of carbonyl (C=O) groups is 2. The van der Waals surface area contributed by atoms with Gasteiger partial charge in [-0.2, -0.15) is 0 Å². The summed E-state index contributed by atoms with van der Waals surface area (Å²) in [7, 11) is 0. The molecule has 0 fully saturated rings. The van der Waals surface area contributed by atoms with E-state index < -0.39 is 0 Å². The van der Waals surface area contributed by atoms with E-state index in [0.29, 0.717) is 27.9 Å². The molecule has 4 rings (SSSR count). The van der Waals surface area contributed by atoms with E-state index in [2.05, 4.69) is 0 Å². The fourth-order valence-electron chi connectivity index (χ4n) is 2.84. The molecule has 1 aliphatic carbocycles. The third-order valence-corrected chi connectivity index (χ3v) is 4.99. The van der Waals surface area contributed by atoms with Gasteiger partial charge in [0.25, 0.3) is 0 Å². The van der Waals surface area contributed by atoms with Gasteiger partial charge in [0.2, 0.25) is 0 Å². The average molecular weight is 331 g/mol. The summed E-state index contributed by atoms with van der Waals surface area (Å²) in [5.41, 5.74) is 7.94. The van der Waals surface area contributed by atoms with Crippen molar-refractivity contribution in [3.05, 3.63) is 89.0 Å². The second-order valence-electron chi connectivity index (χ2n) is 5.59. The second kappa shape index (κ2) is 5.65. The minimum Gasteiger partial charge on any atom is -0.399 e. The Hall–Kier alpha value is -2.85. The first kappa shape index (κ1) is 14.7. The Balaban J connectivity index is 1.77. The summed E-state index contributed by atoms with van der Waals surface area (Å²) in [6.45, 7) is 0. The van der Waals surface area contributed by atoms with Crippen molar-refractivity contribution in [3.8, 4) is 0 Å². The predicted octanol–water partition coefficient (Wildman–Crippen LogP) is 4.20. The van der Waals surface area contributed by atoms with Gasteiger partial charge in [-0.05, 0) is 48.5 Å². The number of benzene rings is 3. The van der Waals surface area contributed by atoms with Crippen molar-refractivity contribution in [2.75, 3.05) is 5.73 Å². The van der Waals surface area contributed by atoms with Crippen molar-refractivity contribution in [2.45, 2.75) is 9.79 Å². The molecule has 0 spiro atoms. The van der Waals surface area contributed by atoms with Crippen LogP contribution in [0.4, 0.5) is 5.69 Å². The molecule has 3 nitrogen and oxygen atoms in total. The lowest BCUT2D eigenvalue weighted by Crippen LogP contribution is -2.21. The minimum absolute atomic E-state index is 0.130. The van der Waals surface area contributed by atoms with Gasteiger partial charge in [0.15, 0.2) is 11.6 Å². The molecule has 0 unspecified atom stereocenters. The first-order valence-electron chi connectivity index (χ1n) is 7.49. The first-order chi connectivity index (χ1) is 11.6. The lowest BCUT2D eigenvalue weighted by molar-refractivity contribution is 0.0979. The summed E-state index contributed by atoms with van der Waals surface area (Å²) in [6.07, 6.45) is 0. The fourth-order valence-corrected chi connectivity index (χ4v) is 3.71. The highest BCUT2D eigenvalue weighted by atomic mass is 32.2. The van der Waals surface area contributed by atoms with Gasteiger partial charge in [0.1, 0.15) is 0 Å². The maximum absolute atomic E-state index is 12.8. The fraction of sp³-hybridized carbons (Fsp3) is 0. The van der Waals surface area contributed by atoms with Crippen LogP contribution in [0.25, 0.3) is 0 Å². The molecular formula is C20H13NO2S. The van der Waals surface area contributed by atoms with Gasteiger partial charge in [-0.1, -0.05) is 30.0 Å². The molecule has 0 atom stereocenters. The van der Waals surface area contributed by atoms with E-state index >= 15 is 0 Å². The molecule has 1 aliphatic rings. The summed E-state index contributed by atoms with van der Waals surface area (Å²) in [4.78, 5) is 27.4. The smallest absolute Gasteiger partial charge is 0.194 e. The van der Waals surface area contributed by atoms with E-state index in [-0.39, 0.29) is 11.6 Å². The lowest BCUT2D eigenvalue weighted by atomic mass is 9.84. The van der Waals surface area contributed by atoms with E-state index in [9.17, 15) is 9.59 Å². The quantitative estimate of drug-likeness (QED) is 0.559. The van der Waals surface area contributed by atoms with Gasteiger partial charge in [-0.15, -0.1) is 0 Å². The number of anilines is 1. The van der Waals surface area contributed by atoms with Crippen molar-refractivity contribution in [1.82, 2.24) is 0 Å². The monoisotopic (exact) mass is 331 g/mol. The maximum atomic E-state index is 12.8. The zero-order valence-corrected chi connectivity index (χ0v) is 13.5. The third kappa shape index (κ3) is 2.41. The van der Waals surface area contributed by atoms with Crippen molar-refractivity contribution < 1.29 is 9.59 Å².